The number of aromatic nitrogens is 2. The Morgan fingerprint density at radius 1 is 1.43 bits per heavy atom. The third-order valence-electron chi connectivity index (χ3n) is 2.61. The Morgan fingerprint density at radius 2 is 2.29 bits per heavy atom. The summed E-state index contributed by atoms with van der Waals surface area (Å²) in [6.45, 7) is 0.426. The number of H-pyrrole nitrogens is 1. The van der Waals surface area contributed by atoms with Gasteiger partial charge in [0.2, 0.25) is 5.91 Å². The number of carbonyl (C=O) groups excluding carboxylic acids is 1. The average molecular weight is 305 g/mol. The molecule has 0 aliphatic carbocycles. The Morgan fingerprint density at radius 3 is 3.05 bits per heavy atom. The number of methoxy groups -OCH3 is 1. The second-order valence-corrected chi connectivity index (χ2v) is 5.12. The zero-order valence-corrected chi connectivity index (χ0v) is 12.3. The first-order valence-corrected chi connectivity index (χ1v) is 7.23. The summed E-state index contributed by atoms with van der Waals surface area (Å²) in [5.74, 6) is 0.813. The summed E-state index contributed by atoms with van der Waals surface area (Å²) in [5.41, 5.74) is 0.725. The topological polar surface area (TPSA) is 84.1 Å². The molecule has 0 fully saturated rings. The first-order valence-electron chi connectivity index (χ1n) is 6.25. The second-order valence-electron chi connectivity index (χ2n) is 4.16. The minimum atomic E-state index is -0.232. The van der Waals surface area contributed by atoms with Gasteiger partial charge in [-0.15, -0.1) is 0 Å². The summed E-state index contributed by atoms with van der Waals surface area (Å²) < 4.78 is 5.12. The molecule has 0 unspecified atom stereocenters. The molecule has 0 aliphatic rings. The molecule has 1 heterocycles. The maximum Gasteiger partial charge on any atom is 0.251 e. The van der Waals surface area contributed by atoms with Crippen molar-refractivity contribution in [1.29, 1.82) is 0 Å². The number of hydrogen-bond acceptors (Lipinski definition) is 5. The van der Waals surface area contributed by atoms with E-state index < -0.39 is 0 Å². The van der Waals surface area contributed by atoms with Crippen molar-refractivity contribution < 1.29 is 9.53 Å². The molecule has 0 radical (unpaired) electrons. The molecule has 0 aliphatic heterocycles. The van der Waals surface area contributed by atoms with Gasteiger partial charge in [0.15, 0.2) is 5.16 Å². The Kier molecular flexibility index (Phi) is 5.39. The lowest BCUT2D eigenvalue weighted by atomic mass is 10.2. The molecule has 2 aromatic rings. The first-order chi connectivity index (χ1) is 10.2. The normalized spacial score (nSPS) is 10.1. The van der Waals surface area contributed by atoms with E-state index in [-0.39, 0.29) is 17.2 Å². The van der Waals surface area contributed by atoms with Crippen molar-refractivity contribution in [3.05, 3.63) is 52.4 Å². The first kappa shape index (κ1) is 15.1. The van der Waals surface area contributed by atoms with Gasteiger partial charge in [0.05, 0.1) is 12.9 Å². The molecule has 2 rings (SSSR count). The van der Waals surface area contributed by atoms with Gasteiger partial charge >= 0.3 is 0 Å². The number of amides is 1. The van der Waals surface area contributed by atoms with Crippen LogP contribution in [0.1, 0.15) is 5.56 Å². The van der Waals surface area contributed by atoms with Gasteiger partial charge in [-0.2, -0.15) is 0 Å². The molecule has 6 nitrogen and oxygen atoms in total. The summed E-state index contributed by atoms with van der Waals surface area (Å²) in [6.07, 6.45) is 1.41. The maximum atomic E-state index is 11.7. The molecule has 0 saturated heterocycles. The van der Waals surface area contributed by atoms with E-state index in [9.17, 15) is 9.59 Å². The van der Waals surface area contributed by atoms with Gasteiger partial charge in [-0.25, -0.2) is 4.98 Å². The average Bonchev–Trinajstić information content (AvgIpc) is 2.51. The van der Waals surface area contributed by atoms with Crippen LogP contribution in [0.15, 0.2) is 46.5 Å². The van der Waals surface area contributed by atoms with Crippen LogP contribution in [0.3, 0.4) is 0 Å². The van der Waals surface area contributed by atoms with Crippen LogP contribution in [0, 0.1) is 0 Å². The highest BCUT2D eigenvalue weighted by Gasteiger charge is 2.04. The number of thioether (sulfide) groups is 1. The smallest absolute Gasteiger partial charge is 0.251 e. The molecule has 0 saturated carbocycles. The number of benzene rings is 1. The summed E-state index contributed by atoms with van der Waals surface area (Å²) in [5, 5.41) is 3.23. The molecule has 21 heavy (non-hydrogen) atoms. The maximum absolute atomic E-state index is 11.7. The molecule has 2 N–H and O–H groups in total. The zero-order chi connectivity index (χ0) is 15.1. The largest absolute Gasteiger partial charge is 0.497 e. The van der Waals surface area contributed by atoms with E-state index in [0.29, 0.717) is 11.7 Å². The molecule has 7 heteroatoms. The van der Waals surface area contributed by atoms with Gasteiger partial charge < -0.3 is 15.0 Å². The number of carbonyl (C=O) groups is 1. The van der Waals surface area contributed by atoms with E-state index in [2.05, 4.69) is 15.3 Å². The fourth-order valence-corrected chi connectivity index (χ4v) is 2.27. The number of rotatable bonds is 6. The van der Waals surface area contributed by atoms with Gasteiger partial charge in [0.25, 0.3) is 5.56 Å². The molecular formula is C14H15N3O3S. The monoisotopic (exact) mass is 305 g/mol. The summed E-state index contributed by atoms with van der Waals surface area (Å²) >= 11 is 1.18. The van der Waals surface area contributed by atoms with Crippen molar-refractivity contribution in [2.75, 3.05) is 12.9 Å². The molecule has 1 amide bonds. The van der Waals surface area contributed by atoms with Crippen LogP contribution in [0.2, 0.25) is 0 Å². The van der Waals surface area contributed by atoms with Crippen LogP contribution in [-0.4, -0.2) is 28.7 Å². The second kappa shape index (κ2) is 7.49. The van der Waals surface area contributed by atoms with E-state index in [0.717, 1.165) is 11.3 Å². The van der Waals surface area contributed by atoms with Gasteiger partial charge in [-0.1, -0.05) is 23.9 Å². The quantitative estimate of drug-likeness (QED) is 0.618. The highest BCUT2D eigenvalue weighted by molar-refractivity contribution is 7.99. The number of aromatic amines is 1. The van der Waals surface area contributed by atoms with Crippen LogP contribution in [0.4, 0.5) is 0 Å². The third-order valence-corrected chi connectivity index (χ3v) is 3.50. The number of nitrogens with zero attached hydrogens (tertiary/aromatic N) is 1. The highest BCUT2D eigenvalue weighted by Crippen LogP contribution is 2.12. The minimum Gasteiger partial charge on any atom is -0.497 e. The van der Waals surface area contributed by atoms with Crippen LogP contribution >= 0.6 is 11.8 Å². The molecule has 1 aromatic carbocycles. The lowest BCUT2D eigenvalue weighted by Crippen LogP contribution is -2.24. The minimum absolute atomic E-state index is 0.130. The van der Waals surface area contributed by atoms with Crippen LogP contribution in [0.25, 0.3) is 0 Å². The Bertz CT molecular complexity index is 672. The van der Waals surface area contributed by atoms with Crippen LogP contribution in [0.5, 0.6) is 5.75 Å². The predicted octanol–water partition coefficient (Wildman–Crippen LogP) is 1.19. The molecule has 0 atom stereocenters. The van der Waals surface area contributed by atoms with Crippen LogP contribution in [-0.2, 0) is 11.3 Å². The lowest BCUT2D eigenvalue weighted by Gasteiger charge is -2.06. The Balaban J connectivity index is 1.80. The number of nitrogens with one attached hydrogen (secondary N) is 2. The predicted molar refractivity (Wildman–Crippen MR) is 80.4 cm³/mol. The third kappa shape index (κ3) is 4.96. The fourth-order valence-electron chi connectivity index (χ4n) is 1.59. The van der Waals surface area contributed by atoms with Crippen molar-refractivity contribution in [2.45, 2.75) is 11.7 Å². The standard InChI is InChI=1S/C14H15N3O3S/c1-20-11-4-2-3-10(7-11)8-16-13(19)9-21-14-15-6-5-12(18)17-14/h2-7H,8-9H2,1H3,(H,16,19)(H,15,17,18). The van der Waals surface area contributed by atoms with Crippen molar-refractivity contribution in [3.63, 3.8) is 0 Å². The van der Waals surface area contributed by atoms with Crippen molar-refractivity contribution in [1.82, 2.24) is 15.3 Å². The summed E-state index contributed by atoms with van der Waals surface area (Å²) in [7, 11) is 1.60. The SMILES string of the molecule is COc1cccc(CNC(=O)CSc2nccc(=O)[nH]2)c1. The van der Waals surface area contributed by atoms with Gasteiger partial charge in [0, 0.05) is 18.8 Å². The van der Waals surface area contributed by atoms with Crippen molar-refractivity contribution >= 4 is 17.7 Å². The lowest BCUT2D eigenvalue weighted by molar-refractivity contribution is -0.118. The molecule has 110 valence electrons. The number of ether oxygens (including phenoxy) is 1. The Hall–Kier alpha value is -2.28. The fraction of sp³-hybridized carbons (Fsp3) is 0.214. The summed E-state index contributed by atoms with van der Waals surface area (Å²) in [4.78, 5) is 29.3. The molecule has 0 spiro atoms. The van der Waals surface area contributed by atoms with E-state index >= 15 is 0 Å². The highest BCUT2D eigenvalue weighted by atomic mass is 32.2. The van der Waals surface area contributed by atoms with E-state index in [1.807, 2.05) is 24.3 Å². The zero-order valence-electron chi connectivity index (χ0n) is 11.5. The molecular weight excluding hydrogens is 290 g/mol. The van der Waals surface area contributed by atoms with Gasteiger partial charge in [-0.3, -0.25) is 9.59 Å². The van der Waals surface area contributed by atoms with Crippen LogP contribution < -0.4 is 15.6 Å². The number of hydrogen-bond donors (Lipinski definition) is 2. The van der Waals surface area contributed by atoms with E-state index in [1.54, 1.807) is 7.11 Å². The van der Waals surface area contributed by atoms with Gasteiger partial charge in [-0.05, 0) is 17.7 Å². The van der Waals surface area contributed by atoms with Crippen molar-refractivity contribution in [2.24, 2.45) is 0 Å². The van der Waals surface area contributed by atoms with E-state index in [4.69, 9.17) is 4.74 Å². The summed E-state index contributed by atoms with van der Waals surface area (Å²) in [6, 6.07) is 8.81. The van der Waals surface area contributed by atoms with E-state index in [1.165, 1.54) is 24.0 Å². The molecule has 0 bridgehead atoms. The van der Waals surface area contributed by atoms with Gasteiger partial charge in [0.1, 0.15) is 5.75 Å². The van der Waals surface area contributed by atoms with Crippen molar-refractivity contribution in [3.8, 4) is 5.75 Å². The Labute approximate surface area is 125 Å². The molecule has 1 aromatic heterocycles.